The van der Waals surface area contributed by atoms with Crippen molar-refractivity contribution in [2.24, 2.45) is 10.2 Å². The van der Waals surface area contributed by atoms with Gasteiger partial charge in [-0.15, -0.1) is 0 Å². The number of rotatable bonds is 9. The van der Waals surface area contributed by atoms with E-state index in [4.69, 9.17) is 0 Å². The molecule has 2 aliphatic rings. The van der Waals surface area contributed by atoms with Crippen LogP contribution in [0.15, 0.2) is 70.9 Å². The first-order chi connectivity index (χ1) is 17.6. The molecule has 2 aliphatic heterocycles. The molecule has 0 atom stereocenters. The Labute approximate surface area is 213 Å². The molecule has 0 aliphatic carbocycles. The second-order valence-corrected chi connectivity index (χ2v) is 9.75. The van der Waals surface area contributed by atoms with Crippen LogP contribution in [-0.4, -0.2) is 49.4 Å². The van der Waals surface area contributed by atoms with Crippen LogP contribution in [-0.2, 0) is 22.7 Å². The fraction of sp³-hybridized carbons (Fsp3) is 0.429. The Morgan fingerprint density at radius 1 is 0.611 bits per heavy atom. The number of quaternary nitrogens is 2. The van der Waals surface area contributed by atoms with Crippen molar-refractivity contribution < 1.29 is 19.4 Å². The number of likely N-dealkylation sites (tertiary alicyclic amines) is 2. The average Bonchev–Trinajstić information content (AvgIpc) is 2.92. The van der Waals surface area contributed by atoms with E-state index in [0.717, 1.165) is 76.4 Å². The van der Waals surface area contributed by atoms with Gasteiger partial charge in [0.15, 0.2) is 0 Å². The van der Waals surface area contributed by atoms with E-state index < -0.39 is 0 Å². The van der Waals surface area contributed by atoms with Gasteiger partial charge in [-0.1, -0.05) is 60.7 Å². The van der Waals surface area contributed by atoms with Crippen molar-refractivity contribution in [2.45, 2.75) is 51.6 Å². The maximum absolute atomic E-state index is 12.1. The van der Waals surface area contributed by atoms with Gasteiger partial charge in [-0.3, -0.25) is 9.59 Å². The molecular weight excluding hydrogens is 452 g/mol. The summed E-state index contributed by atoms with van der Waals surface area (Å²) in [5.74, 6) is -0.468. The standard InChI is InChI=1S/C28H36N6O2/c35-27(31-29-25-13-17-33(18-14-25)21-23-7-3-1-4-8-23)11-12-28(36)32-30-26-15-19-34(20-16-26)22-24-9-5-2-6-10-24/h1-10H,11-22H2,(H,31,35)(H,32,36)/p+2. The summed E-state index contributed by atoms with van der Waals surface area (Å²) in [5, 5.41) is 8.60. The lowest BCUT2D eigenvalue weighted by Gasteiger charge is -2.24. The monoisotopic (exact) mass is 490 g/mol. The van der Waals surface area contributed by atoms with E-state index in [1.807, 2.05) is 12.1 Å². The summed E-state index contributed by atoms with van der Waals surface area (Å²) in [7, 11) is 0. The van der Waals surface area contributed by atoms with Gasteiger partial charge < -0.3 is 9.80 Å². The van der Waals surface area contributed by atoms with E-state index in [9.17, 15) is 9.59 Å². The number of nitrogens with one attached hydrogen (secondary N) is 4. The Hall–Kier alpha value is -3.36. The minimum absolute atomic E-state index is 0.105. The summed E-state index contributed by atoms with van der Waals surface area (Å²) in [5.41, 5.74) is 9.99. The number of hydrogen-bond donors (Lipinski definition) is 4. The number of nitrogens with zero attached hydrogens (tertiary/aromatic N) is 2. The predicted octanol–water partition coefficient (Wildman–Crippen LogP) is 0.469. The minimum Gasteiger partial charge on any atom is -0.331 e. The summed E-state index contributed by atoms with van der Waals surface area (Å²) in [6.07, 6.45) is 3.73. The van der Waals surface area contributed by atoms with Crippen LogP contribution in [0.1, 0.15) is 49.7 Å². The van der Waals surface area contributed by atoms with Crippen molar-refractivity contribution >= 4 is 23.2 Å². The van der Waals surface area contributed by atoms with Gasteiger partial charge in [-0.2, -0.15) is 10.2 Å². The molecule has 4 N–H and O–H groups in total. The molecule has 36 heavy (non-hydrogen) atoms. The third kappa shape index (κ3) is 8.70. The van der Waals surface area contributed by atoms with Crippen LogP contribution in [0.4, 0.5) is 0 Å². The third-order valence-electron chi connectivity index (χ3n) is 6.92. The van der Waals surface area contributed by atoms with Gasteiger partial charge in [0.25, 0.3) is 0 Å². The van der Waals surface area contributed by atoms with Gasteiger partial charge >= 0.3 is 0 Å². The van der Waals surface area contributed by atoms with Crippen LogP contribution in [0.2, 0.25) is 0 Å². The lowest BCUT2D eigenvalue weighted by atomic mass is 10.1. The number of hydrogen-bond acceptors (Lipinski definition) is 4. The van der Waals surface area contributed by atoms with Crippen molar-refractivity contribution in [3.8, 4) is 0 Å². The quantitative estimate of drug-likeness (QED) is 0.385. The highest BCUT2D eigenvalue weighted by molar-refractivity contribution is 5.89. The van der Waals surface area contributed by atoms with Gasteiger partial charge in [-0.25, -0.2) is 10.9 Å². The van der Waals surface area contributed by atoms with Crippen molar-refractivity contribution in [1.82, 2.24) is 10.9 Å². The van der Waals surface area contributed by atoms with Crippen LogP contribution in [0.3, 0.4) is 0 Å². The smallest absolute Gasteiger partial charge is 0.240 e. The Balaban J connectivity index is 1.08. The van der Waals surface area contributed by atoms with Crippen LogP contribution < -0.4 is 20.7 Å². The molecule has 2 heterocycles. The maximum atomic E-state index is 12.1. The summed E-state index contributed by atoms with van der Waals surface area (Å²) in [6.45, 7) is 6.09. The summed E-state index contributed by atoms with van der Waals surface area (Å²) < 4.78 is 0. The molecule has 2 aromatic carbocycles. The zero-order valence-corrected chi connectivity index (χ0v) is 21.0. The highest BCUT2D eigenvalue weighted by atomic mass is 16.2. The van der Waals surface area contributed by atoms with Crippen LogP contribution in [0.5, 0.6) is 0 Å². The average molecular weight is 491 g/mol. The van der Waals surface area contributed by atoms with E-state index in [-0.39, 0.29) is 24.7 Å². The fourth-order valence-corrected chi connectivity index (χ4v) is 4.75. The molecular formula is C28H38N6O2+2. The molecule has 0 bridgehead atoms. The fourth-order valence-electron chi connectivity index (χ4n) is 4.75. The number of carbonyl (C=O) groups is 2. The molecule has 0 aromatic heterocycles. The van der Waals surface area contributed by atoms with Crippen LogP contribution >= 0.6 is 0 Å². The zero-order valence-electron chi connectivity index (χ0n) is 21.0. The molecule has 2 fully saturated rings. The molecule has 8 nitrogen and oxygen atoms in total. The molecule has 190 valence electrons. The summed E-state index contributed by atoms with van der Waals surface area (Å²) in [6, 6.07) is 21.0. The van der Waals surface area contributed by atoms with Gasteiger partial charge in [0.2, 0.25) is 11.8 Å². The SMILES string of the molecule is O=C(CCC(=O)NN=C1CC[NH+](Cc2ccccc2)CC1)NN=C1CC[NH+](Cc2ccccc2)CC1. The van der Waals surface area contributed by atoms with E-state index >= 15 is 0 Å². The van der Waals surface area contributed by atoms with Gasteiger partial charge in [0, 0.05) is 61.1 Å². The van der Waals surface area contributed by atoms with Crippen LogP contribution in [0.25, 0.3) is 0 Å². The first-order valence-electron chi connectivity index (χ1n) is 13.1. The molecule has 2 amide bonds. The normalized spacial score (nSPS) is 19.9. The van der Waals surface area contributed by atoms with Crippen LogP contribution in [0, 0.1) is 0 Å². The molecule has 2 aromatic rings. The highest BCUT2D eigenvalue weighted by Crippen LogP contribution is 2.01. The molecule has 0 spiro atoms. The molecule has 8 heteroatoms. The highest BCUT2D eigenvalue weighted by Gasteiger charge is 2.20. The number of piperidine rings is 2. The second kappa shape index (κ2) is 13.7. The summed E-state index contributed by atoms with van der Waals surface area (Å²) in [4.78, 5) is 27.4. The van der Waals surface area contributed by atoms with E-state index in [2.05, 4.69) is 69.6 Å². The Morgan fingerprint density at radius 3 is 1.33 bits per heavy atom. The molecule has 2 saturated heterocycles. The Bertz CT molecular complexity index is 949. The maximum Gasteiger partial charge on any atom is 0.240 e. The molecule has 0 saturated carbocycles. The lowest BCUT2D eigenvalue weighted by molar-refractivity contribution is -0.914. The van der Waals surface area contributed by atoms with E-state index in [1.54, 1.807) is 0 Å². The number of amides is 2. The second-order valence-electron chi connectivity index (χ2n) is 9.75. The Morgan fingerprint density at radius 2 is 0.972 bits per heavy atom. The lowest BCUT2D eigenvalue weighted by Crippen LogP contribution is -3.11. The van der Waals surface area contributed by atoms with Crippen molar-refractivity contribution in [3.05, 3.63) is 71.8 Å². The molecule has 0 radical (unpaired) electrons. The van der Waals surface area contributed by atoms with E-state index in [1.165, 1.54) is 20.9 Å². The number of benzene rings is 2. The van der Waals surface area contributed by atoms with Gasteiger partial charge in [0.1, 0.15) is 13.1 Å². The largest absolute Gasteiger partial charge is 0.331 e. The summed E-state index contributed by atoms with van der Waals surface area (Å²) >= 11 is 0. The van der Waals surface area contributed by atoms with Crippen molar-refractivity contribution in [2.75, 3.05) is 26.2 Å². The van der Waals surface area contributed by atoms with Gasteiger partial charge in [-0.05, 0) is 0 Å². The molecule has 0 unspecified atom stereocenters. The first kappa shape index (κ1) is 25.7. The number of carbonyl (C=O) groups excluding carboxylic acids is 2. The topological polar surface area (TPSA) is 91.8 Å². The first-order valence-corrected chi connectivity index (χ1v) is 13.1. The predicted molar refractivity (Wildman–Crippen MR) is 141 cm³/mol. The van der Waals surface area contributed by atoms with Crippen molar-refractivity contribution in [1.29, 1.82) is 0 Å². The Kier molecular flexibility index (Phi) is 9.76. The van der Waals surface area contributed by atoms with Crippen molar-refractivity contribution in [3.63, 3.8) is 0 Å². The molecule has 4 rings (SSSR count). The third-order valence-corrected chi connectivity index (χ3v) is 6.92. The minimum atomic E-state index is -0.234. The van der Waals surface area contributed by atoms with E-state index in [0.29, 0.717) is 0 Å². The van der Waals surface area contributed by atoms with Gasteiger partial charge in [0.05, 0.1) is 26.2 Å². The zero-order chi connectivity index (χ0) is 25.0. The number of hydrazone groups is 2.